The highest BCUT2D eigenvalue weighted by Crippen LogP contribution is 2.22. The molecule has 0 aliphatic heterocycles. The molecule has 0 fully saturated rings. The molecule has 0 amide bonds. The Kier molecular flexibility index (Phi) is 3.25. The Balaban J connectivity index is 2.08. The minimum absolute atomic E-state index is 0.202. The molecule has 3 heteroatoms. The first-order valence-corrected chi connectivity index (χ1v) is 6.03. The SMILES string of the molecule is Cc1cc(CNc2ccccc2F)c(C)s1. The lowest BCUT2D eigenvalue weighted by atomic mass is 10.2. The smallest absolute Gasteiger partial charge is 0.146 e. The normalized spacial score (nSPS) is 10.4. The molecule has 0 saturated carbocycles. The number of aryl methyl sites for hydroxylation is 2. The van der Waals surface area contributed by atoms with Crippen molar-refractivity contribution in [2.75, 3.05) is 5.32 Å². The lowest BCUT2D eigenvalue weighted by Gasteiger charge is -2.06. The van der Waals surface area contributed by atoms with Crippen LogP contribution in [0.1, 0.15) is 15.3 Å². The molecule has 1 nitrogen and oxygen atoms in total. The van der Waals surface area contributed by atoms with E-state index in [1.165, 1.54) is 21.4 Å². The summed E-state index contributed by atoms with van der Waals surface area (Å²) in [5, 5.41) is 3.12. The fourth-order valence-corrected chi connectivity index (χ4v) is 2.60. The third-order valence-corrected chi connectivity index (χ3v) is 3.50. The molecule has 2 aromatic rings. The van der Waals surface area contributed by atoms with E-state index in [0.717, 1.165) is 0 Å². The van der Waals surface area contributed by atoms with Crippen molar-refractivity contribution in [3.05, 3.63) is 51.5 Å². The van der Waals surface area contributed by atoms with Gasteiger partial charge in [0.05, 0.1) is 5.69 Å². The number of benzene rings is 1. The quantitative estimate of drug-likeness (QED) is 0.844. The molecule has 1 aromatic heterocycles. The first kappa shape index (κ1) is 11.1. The Labute approximate surface area is 98.9 Å². The van der Waals surface area contributed by atoms with Crippen LogP contribution in [0, 0.1) is 19.7 Å². The van der Waals surface area contributed by atoms with Gasteiger partial charge < -0.3 is 5.32 Å². The van der Waals surface area contributed by atoms with Crippen molar-refractivity contribution in [2.45, 2.75) is 20.4 Å². The zero-order chi connectivity index (χ0) is 11.5. The van der Waals surface area contributed by atoms with E-state index in [2.05, 4.69) is 25.2 Å². The van der Waals surface area contributed by atoms with Crippen molar-refractivity contribution >= 4 is 17.0 Å². The number of hydrogen-bond donors (Lipinski definition) is 1. The minimum Gasteiger partial charge on any atom is -0.379 e. The minimum atomic E-state index is -0.202. The molecule has 0 bridgehead atoms. The van der Waals surface area contributed by atoms with Gasteiger partial charge in [-0.1, -0.05) is 12.1 Å². The average Bonchev–Trinajstić information content (AvgIpc) is 2.56. The third-order valence-electron chi connectivity index (χ3n) is 2.49. The van der Waals surface area contributed by atoms with E-state index in [1.54, 1.807) is 23.5 Å². The molecule has 84 valence electrons. The van der Waals surface area contributed by atoms with Gasteiger partial charge in [0.15, 0.2) is 0 Å². The maximum absolute atomic E-state index is 13.3. The van der Waals surface area contributed by atoms with E-state index in [1.807, 2.05) is 6.07 Å². The lowest BCUT2D eigenvalue weighted by molar-refractivity contribution is 0.630. The van der Waals surface area contributed by atoms with Gasteiger partial charge in [0.2, 0.25) is 0 Å². The van der Waals surface area contributed by atoms with Crippen LogP contribution < -0.4 is 5.32 Å². The highest BCUT2D eigenvalue weighted by atomic mass is 32.1. The molecular formula is C13H14FNS. The molecule has 0 aliphatic carbocycles. The predicted octanol–water partition coefficient (Wildman–Crippen LogP) is 4.12. The molecular weight excluding hydrogens is 221 g/mol. The topological polar surface area (TPSA) is 12.0 Å². The highest BCUT2D eigenvalue weighted by molar-refractivity contribution is 7.12. The largest absolute Gasteiger partial charge is 0.379 e. The summed E-state index contributed by atoms with van der Waals surface area (Å²) in [7, 11) is 0. The van der Waals surface area contributed by atoms with Crippen molar-refractivity contribution in [3.63, 3.8) is 0 Å². The third kappa shape index (κ3) is 2.42. The molecule has 16 heavy (non-hydrogen) atoms. The van der Waals surface area contributed by atoms with Gasteiger partial charge in [-0.2, -0.15) is 0 Å². The fraction of sp³-hybridized carbons (Fsp3) is 0.231. The molecule has 0 unspecified atom stereocenters. The molecule has 2 rings (SSSR count). The Morgan fingerprint density at radius 3 is 2.62 bits per heavy atom. The van der Waals surface area contributed by atoms with Crippen LogP contribution in [0.3, 0.4) is 0 Å². The van der Waals surface area contributed by atoms with Crippen LogP contribution in [0.4, 0.5) is 10.1 Å². The fourth-order valence-electron chi connectivity index (χ4n) is 1.65. The van der Waals surface area contributed by atoms with E-state index in [9.17, 15) is 4.39 Å². The molecule has 0 spiro atoms. The van der Waals surface area contributed by atoms with Crippen molar-refractivity contribution in [1.29, 1.82) is 0 Å². The Hall–Kier alpha value is -1.35. The summed E-state index contributed by atoms with van der Waals surface area (Å²) in [6.45, 7) is 4.86. The monoisotopic (exact) mass is 235 g/mol. The number of halogens is 1. The summed E-state index contributed by atoms with van der Waals surface area (Å²) in [6, 6.07) is 8.89. The number of nitrogens with one attached hydrogen (secondary N) is 1. The molecule has 0 radical (unpaired) electrons. The number of thiophene rings is 1. The summed E-state index contributed by atoms with van der Waals surface area (Å²) in [4.78, 5) is 2.59. The van der Waals surface area contributed by atoms with Gasteiger partial charge in [0.1, 0.15) is 5.82 Å². The first-order valence-electron chi connectivity index (χ1n) is 5.21. The Morgan fingerprint density at radius 1 is 1.25 bits per heavy atom. The average molecular weight is 235 g/mol. The van der Waals surface area contributed by atoms with Crippen molar-refractivity contribution in [1.82, 2.24) is 0 Å². The van der Waals surface area contributed by atoms with E-state index in [0.29, 0.717) is 12.2 Å². The van der Waals surface area contributed by atoms with Crippen LogP contribution in [0.2, 0.25) is 0 Å². The second-order valence-corrected chi connectivity index (χ2v) is 5.23. The van der Waals surface area contributed by atoms with Crippen molar-refractivity contribution < 1.29 is 4.39 Å². The van der Waals surface area contributed by atoms with E-state index >= 15 is 0 Å². The first-order chi connectivity index (χ1) is 7.66. The number of anilines is 1. The van der Waals surface area contributed by atoms with Crippen molar-refractivity contribution in [2.24, 2.45) is 0 Å². The highest BCUT2D eigenvalue weighted by Gasteiger charge is 2.04. The second-order valence-electron chi connectivity index (χ2n) is 3.77. The molecule has 0 saturated heterocycles. The lowest BCUT2D eigenvalue weighted by Crippen LogP contribution is -2.01. The van der Waals surface area contributed by atoms with Gasteiger partial charge in [0, 0.05) is 16.3 Å². The maximum atomic E-state index is 13.3. The number of hydrogen-bond acceptors (Lipinski definition) is 2. The summed E-state index contributed by atoms with van der Waals surface area (Å²) >= 11 is 1.77. The van der Waals surface area contributed by atoms with Crippen LogP contribution in [0.5, 0.6) is 0 Å². The van der Waals surface area contributed by atoms with Gasteiger partial charge >= 0.3 is 0 Å². The zero-order valence-corrected chi connectivity index (χ0v) is 10.2. The van der Waals surface area contributed by atoms with Gasteiger partial charge in [-0.25, -0.2) is 4.39 Å². The second kappa shape index (κ2) is 4.66. The Morgan fingerprint density at radius 2 is 2.00 bits per heavy atom. The molecule has 0 atom stereocenters. The molecule has 1 heterocycles. The van der Waals surface area contributed by atoms with E-state index in [-0.39, 0.29) is 5.82 Å². The maximum Gasteiger partial charge on any atom is 0.146 e. The van der Waals surface area contributed by atoms with Crippen LogP contribution in [-0.2, 0) is 6.54 Å². The summed E-state index contributed by atoms with van der Waals surface area (Å²) < 4.78 is 13.3. The van der Waals surface area contributed by atoms with Gasteiger partial charge in [0.25, 0.3) is 0 Å². The number of para-hydroxylation sites is 1. The standard InChI is InChI=1S/C13H14FNS/c1-9-7-11(10(2)16-9)8-15-13-6-4-3-5-12(13)14/h3-7,15H,8H2,1-2H3. The van der Waals surface area contributed by atoms with Crippen molar-refractivity contribution in [3.8, 4) is 0 Å². The van der Waals surface area contributed by atoms with Crippen LogP contribution >= 0.6 is 11.3 Å². The molecule has 1 aromatic carbocycles. The summed E-state index contributed by atoms with van der Waals surface area (Å²) in [5.41, 5.74) is 1.80. The van der Waals surface area contributed by atoms with Crippen LogP contribution in [-0.4, -0.2) is 0 Å². The predicted molar refractivity (Wildman–Crippen MR) is 67.5 cm³/mol. The van der Waals surface area contributed by atoms with Crippen LogP contribution in [0.15, 0.2) is 30.3 Å². The zero-order valence-electron chi connectivity index (χ0n) is 9.38. The Bertz CT molecular complexity index is 490. The van der Waals surface area contributed by atoms with Crippen LogP contribution in [0.25, 0.3) is 0 Å². The molecule has 1 N–H and O–H groups in total. The van der Waals surface area contributed by atoms with E-state index < -0.39 is 0 Å². The van der Waals surface area contributed by atoms with Gasteiger partial charge in [-0.05, 0) is 37.6 Å². The number of rotatable bonds is 3. The molecule has 0 aliphatic rings. The summed E-state index contributed by atoms with van der Waals surface area (Å²) in [6.07, 6.45) is 0. The van der Waals surface area contributed by atoms with Gasteiger partial charge in [-0.15, -0.1) is 11.3 Å². The van der Waals surface area contributed by atoms with E-state index in [4.69, 9.17) is 0 Å². The van der Waals surface area contributed by atoms with Gasteiger partial charge in [-0.3, -0.25) is 0 Å². The summed E-state index contributed by atoms with van der Waals surface area (Å²) in [5.74, 6) is -0.202.